The summed E-state index contributed by atoms with van der Waals surface area (Å²) in [6, 6.07) is -0.191. The average Bonchev–Trinajstić information content (AvgIpc) is 2.46. The van der Waals surface area contributed by atoms with Gasteiger partial charge in [-0.25, -0.2) is 12.7 Å². The van der Waals surface area contributed by atoms with E-state index < -0.39 is 20.2 Å². The van der Waals surface area contributed by atoms with Crippen LogP contribution in [0.1, 0.15) is 52.4 Å². The SMILES string of the molecule is CCCCN(CCCC)S(=O)(=O)NC1CCN(S(C)(=O)=O)CC1. The summed E-state index contributed by atoms with van der Waals surface area (Å²) in [5.74, 6) is 0. The van der Waals surface area contributed by atoms with Gasteiger partial charge < -0.3 is 0 Å². The van der Waals surface area contributed by atoms with Crippen LogP contribution in [-0.4, -0.2) is 63.9 Å². The monoisotopic (exact) mass is 369 g/mol. The highest BCUT2D eigenvalue weighted by Gasteiger charge is 2.29. The van der Waals surface area contributed by atoms with Gasteiger partial charge in [0, 0.05) is 32.2 Å². The molecule has 0 aliphatic carbocycles. The van der Waals surface area contributed by atoms with E-state index >= 15 is 0 Å². The van der Waals surface area contributed by atoms with Crippen LogP contribution in [0.3, 0.4) is 0 Å². The largest absolute Gasteiger partial charge is 0.279 e. The molecule has 1 N–H and O–H groups in total. The molecule has 1 aliphatic heterocycles. The first-order chi connectivity index (χ1) is 10.7. The maximum absolute atomic E-state index is 12.6. The van der Waals surface area contributed by atoms with Crippen molar-refractivity contribution < 1.29 is 16.8 Å². The van der Waals surface area contributed by atoms with Crippen LogP contribution in [0.4, 0.5) is 0 Å². The van der Waals surface area contributed by atoms with Gasteiger partial charge in [-0.3, -0.25) is 0 Å². The maximum Gasteiger partial charge on any atom is 0.279 e. The van der Waals surface area contributed by atoms with Gasteiger partial charge in [-0.2, -0.15) is 17.4 Å². The van der Waals surface area contributed by atoms with Crippen molar-refractivity contribution >= 4 is 20.2 Å². The summed E-state index contributed by atoms with van der Waals surface area (Å²) < 4.78 is 53.8. The Labute approximate surface area is 141 Å². The third-order valence-electron chi connectivity index (χ3n) is 4.10. The summed E-state index contributed by atoms with van der Waals surface area (Å²) in [6.07, 6.45) is 5.81. The lowest BCUT2D eigenvalue weighted by atomic mass is 10.1. The lowest BCUT2D eigenvalue weighted by molar-refractivity contribution is 0.303. The summed E-state index contributed by atoms with van der Waals surface area (Å²) in [6.45, 7) is 5.89. The second-order valence-corrected chi connectivity index (χ2v) is 9.85. The molecule has 0 aromatic rings. The molecule has 0 atom stereocenters. The summed E-state index contributed by atoms with van der Waals surface area (Å²) in [7, 11) is -6.69. The molecule has 0 saturated carbocycles. The van der Waals surface area contributed by atoms with Gasteiger partial charge >= 0.3 is 0 Å². The van der Waals surface area contributed by atoms with Crippen molar-refractivity contribution in [3.63, 3.8) is 0 Å². The third kappa shape index (κ3) is 7.04. The van der Waals surface area contributed by atoms with Crippen molar-refractivity contribution in [2.75, 3.05) is 32.4 Å². The van der Waals surface area contributed by atoms with Gasteiger partial charge in [0.15, 0.2) is 0 Å². The predicted molar refractivity (Wildman–Crippen MR) is 92.9 cm³/mol. The second-order valence-electron chi connectivity index (χ2n) is 6.17. The highest BCUT2D eigenvalue weighted by molar-refractivity contribution is 7.88. The van der Waals surface area contributed by atoms with Crippen LogP contribution in [0.25, 0.3) is 0 Å². The van der Waals surface area contributed by atoms with Gasteiger partial charge in [0.05, 0.1) is 6.26 Å². The molecule has 7 nitrogen and oxygen atoms in total. The predicted octanol–water partition coefficient (Wildman–Crippen LogP) is 1.15. The Hall–Kier alpha value is -0.220. The van der Waals surface area contributed by atoms with E-state index in [-0.39, 0.29) is 6.04 Å². The van der Waals surface area contributed by atoms with Crippen LogP contribution < -0.4 is 4.72 Å². The first kappa shape index (κ1) is 20.8. The Balaban J connectivity index is 2.62. The summed E-state index contributed by atoms with van der Waals surface area (Å²) in [5.41, 5.74) is 0. The third-order valence-corrected chi connectivity index (χ3v) is 7.08. The molecule has 0 radical (unpaired) electrons. The highest BCUT2D eigenvalue weighted by Crippen LogP contribution is 2.15. The molecule has 0 aromatic heterocycles. The lowest BCUT2D eigenvalue weighted by Crippen LogP contribution is -2.50. The van der Waals surface area contributed by atoms with Crippen molar-refractivity contribution in [1.29, 1.82) is 0 Å². The Morgan fingerprint density at radius 2 is 1.48 bits per heavy atom. The van der Waals surface area contributed by atoms with Gasteiger partial charge in [0.25, 0.3) is 10.2 Å². The normalized spacial score (nSPS) is 18.6. The molecule has 0 spiro atoms. The molecule has 0 aromatic carbocycles. The zero-order chi connectivity index (χ0) is 17.5. The van der Waals surface area contributed by atoms with E-state index in [1.165, 1.54) is 14.9 Å². The average molecular weight is 370 g/mol. The molecule has 0 unspecified atom stereocenters. The van der Waals surface area contributed by atoms with Gasteiger partial charge in [-0.15, -0.1) is 0 Å². The number of unbranched alkanes of at least 4 members (excludes halogenated alkanes) is 2. The number of nitrogens with zero attached hydrogens (tertiary/aromatic N) is 2. The summed E-state index contributed by atoms with van der Waals surface area (Å²) in [4.78, 5) is 0. The van der Waals surface area contributed by atoms with Crippen molar-refractivity contribution in [3.05, 3.63) is 0 Å². The van der Waals surface area contributed by atoms with Crippen LogP contribution in [0.15, 0.2) is 0 Å². The van der Waals surface area contributed by atoms with Crippen LogP contribution in [0.5, 0.6) is 0 Å². The number of hydrogen-bond donors (Lipinski definition) is 1. The van der Waals surface area contributed by atoms with Gasteiger partial charge in [-0.05, 0) is 25.7 Å². The number of piperidine rings is 1. The van der Waals surface area contributed by atoms with E-state index in [0.717, 1.165) is 25.7 Å². The molecule has 138 valence electrons. The van der Waals surface area contributed by atoms with E-state index in [2.05, 4.69) is 4.72 Å². The smallest absolute Gasteiger partial charge is 0.213 e. The molecule has 1 aliphatic rings. The molecule has 1 saturated heterocycles. The Bertz CT molecular complexity index is 532. The maximum atomic E-state index is 12.6. The molecular weight excluding hydrogens is 338 g/mol. The Morgan fingerprint density at radius 1 is 1.00 bits per heavy atom. The number of hydrogen-bond acceptors (Lipinski definition) is 4. The first-order valence-corrected chi connectivity index (χ1v) is 11.7. The van der Waals surface area contributed by atoms with Gasteiger partial charge in [0.1, 0.15) is 0 Å². The minimum atomic E-state index is -3.50. The van der Waals surface area contributed by atoms with Crippen molar-refractivity contribution in [3.8, 4) is 0 Å². The van der Waals surface area contributed by atoms with Crippen molar-refractivity contribution in [2.45, 2.75) is 58.4 Å². The zero-order valence-corrected chi connectivity index (χ0v) is 16.1. The van der Waals surface area contributed by atoms with Gasteiger partial charge in [-0.1, -0.05) is 26.7 Å². The topological polar surface area (TPSA) is 86.8 Å². The molecule has 9 heteroatoms. The van der Waals surface area contributed by atoms with Crippen LogP contribution in [-0.2, 0) is 20.2 Å². The van der Waals surface area contributed by atoms with Crippen LogP contribution >= 0.6 is 0 Å². The second kappa shape index (κ2) is 9.31. The number of sulfonamides is 1. The van der Waals surface area contributed by atoms with Crippen molar-refractivity contribution in [1.82, 2.24) is 13.3 Å². The molecule has 0 bridgehead atoms. The molecule has 1 heterocycles. The Morgan fingerprint density at radius 3 is 1.87 bits per heavy atom. The number of nitrogens with one attached hydrogen (secondary N) is 1. The standard InChI is InChI=1S/C14H31N3O4S2/c1-4-6-10-17(11-7-5-2)23(20,21)15-14-8-12-16(13-9-14)22(3,18)19/h14-15H,4-13H2,1-3H3. The Kier molecular flexibility index (Phi) is 8.43. The van der Waals surface area contributed by atoms with E-state index in [1.807, 2.05) is 13.8 Å². The number of rotatable bonds is 10. The molecular formula is C14H31N3O4S2. The summed E-state index contributed by atoms with van der Waals surface area (Å²) in [5, 5.41) is 0. The van der Waals surface area contributed by atoms with Crippen molar-refractivity contribution in [2.24, 2.45) is 0 Å². The van der Waals surface area contributed by atoms with Crippen LogP contribution in [0, 0.1) is 0 Å². The fraction of sp³-hybridized carbons (Fsp3) is 1.00. The molecule has 0 amide bonds. The molecule has 1 fully saturated rings. The summed E-state index contributed by atoms with van der Waals surface area (Å²) >= 11 is 0. The molecule has 23 heavy (non-hydrogen) atoms. The fourth-order valence-electron chi connectivity index (χ4n) is 2.61. The quantitative estimate of drug-likeness (QED) is 0.626. The molecule has 1 rings (SSSR count). The van der Waals surface area contributed by atoms with Crippen LogP contribution in [0.2, 0.25) is 0 Å². The van der Waals surface area contributed by atoms with E-state index in [4.69, 9.17) is 0 Å². The van der Waals surface area contributed by atoms with E-state index in [0.29, 0.717) is 39.0 Å². The van der Waals surface area contributed by atoms with E-state index in [1.54, 1.807) is 0 Å². The zero-order valence-electron chi connectivity index (χ0n) is 14.5. The fourth-order valence-corrected chi connectivity index (χ4v) is 5.03. The first-order valence-electron chi connectivity index (χ1n) is 8.43. The minimum Gasteiger partial charge on any atom is -0.213 e. The van der Waals surface area contributed by atoms with Gasteiger partial charge in [0.2, 0.25) is 10.0 Å². The minimum absolute atomic E-state index is 0.191. The highest BCUT2D eigenvalue weighted by atomic mass is 32.2. The van der Waals surface area contributed by atoms with E-state index in [9.17, 15) is 16.8 Å². The lowest BCUT2D eigenvalue weighted by Gasteiger charge is -2.32.